The lowest BCUT2D eigenvalue weighted by Crippen LogP contribution is -2.45. The van der Waals surface area contributed by atoms with Crippen LogP contribution in [0.1, 0.15) is 48.9 Å². The molecule has 0 amide bonds. The number of carbonyl (C=O) groups is 1. The molecular weight excluding hydrogens is 270 g/mol. The molecule has 1 aliphatic rings. The third-order valence-electron chi connectivity index (χ3n) is 4.15. The molecular formula is C15H23N3O3. The molecule has 0 atom stereocenters. The zero-order valence-electron chi connectivity index (χ0n) is 12.8. The first-order valence-electron chi connectivity index (χ1n) is 7.31. The summed E-state index contributed by atoms with van der Waals surface area (Å²) in [6.07, 6.45) is 3.92. The zero-order chi connectivity index (χ0) is 15.5. The summed E-state index contributed by atoms with van der Waals surface area (Å²) in [5.41, 5.74) is 0.325. The van der Waals surface area contributed by atoms with Gasteiger partial charge in [-0.2, -0.15) is 0 Å². The summed E-state index contributed by atoms with van der Waals surface area (Å²) in [4.78, 5) is 19.9. The molecule has 21 heavy (non-hydrogen) atoms. The average Bonchev–Trinajstić information content (AvgIpc) is 2.48. The van der Waals surface area contributed by atoms with Crippen molar-refractivity contribution in [3.63, 3.8) is 0 Å². The van der Waals surface area contributed by atoms with Crippen molar-refractivity contribution in [2.45, 2.75) is 45.1 Å². The lowest BCUT2D eigenvalue weighted by atomic mass is 9.77. The van der Waals surface area contributed by atoms with Crippen molar-refractivity contribution < 1.29 is 14.6 Å². The van der Waals surface area contributed by atoms with Crippen molar-refractivity contribution in [3.05, 3.63) is 17.6 Å². The minimum absolute atomic E-state index is 0.0391. The number of aromatic nitrogens is 2. The normalized spacial score (nSPS) is 25.4. The van der Waals surface area contributed by atoms with Crippen LogP contribution < -0.4 is 5.32 Å². The molecule has 0 spiro atoms. The summed E-state index contributed by atoms with van der Waals surface area (Å²) in [6.45, 7) is 4.08. The molecule has 0 aliphatic heterocycles. The van der Waals surface area contributed by atoms with Gasteiger partial charge in [0.15, 0.2) is 0 Å². The lowest BCUT2D eigenvalue weighted by Gasteiger charge is -2.39. The van der Waals surface area contributed by atoms with Crippen LogP contribution in [-0.4, -0.2) is 40.3 Å². The van der Waals surface area contributed by atoms with Crippen LogP contribution in [0.3, 0.4) is 0 Å². The van der Waals surface area contributed by atoms with E-state index in [0.29, 0.717) is 17.4 Å². The van der Waals surface area contributed by atoms with Crippen LogP contribution in [0.15, 0.2) is 6.07 Å². The van der Waals surface area contributed by atoms with E-state index in [1.165, 1.54) is 7.11 Å². The maximum atomic E-state index is 11.6. The number of aryl methyl sites for hydroxylation is 1. The number of ether oxygens (including phenoxy) is 1. The van der Waals surface area contributed by atoms with Gasteiger partial charge in [-0.3, -0.25) is 0 Å². The summed E-state index contributed by atoms with van der Waals surface area (Å²) < 4.78 is 4.66. The van der Waals surface area contributed by atoms with E-state index in [1.54, 1.807) is 13.0 Å². The number of hydrogen-bond donors (Lipinski definition) is 2. The summed E-state index contributed by atoms with van der Waals surface area (Å²) >= 11 is 0. The van der Waals surface area contributed by atoms with Crippen LogP contribution in [-0.2, 0) is 4.74 Å². The topological polar surface area (TPSA) is 84.3 Å². The fourth-order valence-electron chi connectivity index (χ4n) is 2.72. The van der Waals surface area contributed by atoms with E-state index in [9.17, 15) is 9.90 Å². The third kappa shape index (κ3) is 3.69. The van der Waals surface area contributed by atoms with Gasteiger partial charge in [0.1, 0.15) is 5.82 Å². The SMILES string of the molecule is COC(=O)c1nc(C)cc(NC2(CO)CCC(C)CC2)n1. The Morgan fingerprint density at radius 1 is 1.48 bits per heavy atom. The van der Waals surface area contributed by atoms with Gasteiger partial charge < -0.3 is 15.2 Å². The number of aliphatic hydroxyl groups excluding tert-OH is 1. The predicted octanol–water partition coefficient (Wildman–Crippen LogP) is 1.92. The highest BCUT2D eigenvalue weighted by Crippen LogP contribution is 2.34. The molecule has 1 aromatic rings. The summed E-state index contributed by atoms with van der Waals surface area (Å²) in [7, 11) is 1.30. The Morgan fingerprint density at radius 2 is 2.14 bits per heavy atom. The van der Waals surface area contributed by atoms with Crippen molar-refractivity contribution in [2.75, 3.05) is 19.0 Å². The van der Waals surface area contributed by atoms with Gasteiger partial charge in [-0.15, -0.1) is 0 Å². The van der Waals surface area contributed by atoms with Crippen LogP contribution in [0.5, 0.6) is 0 Å². The summed E-state index contributed by atoms with van der Waals surface area (Å²) in [5, 5.41) is 13.1. The van der Waals surface area contributed by atoms with E-state index in [1.807, 2.05) is 0 Å². The van der Waals surface area contributed by atoms with Crippen LogP contribution >= 0.6 is 0 Å². The monoisotopic (exact) mass is 293 g/mol. The highest BCUT2D eigenvalue weighted by atomic mass is 16.5. The van der Waals surface area contributed by atoms with Crippen molar-refractivity contribution in [1.82, 2.24) is 9.97 Å². The molecule has 1 fully saturated rings. The summed E-state index contributed by atoms with van der Waals surface area (Å²) in [5.74, 6) is 0.727. The Kier molecular flexibility index (Phi) is 4.77. The van der Waals surface area contributed by atoms with Crippen molar-refractivity contribution in [3.8, 4) is 0 Å². The van der Waals surface area contributed by atoms with Crippen molar-refractivity contribution in [1.29, 1.82) is 0 Å². The molecule has 1 aromatic heterocycles. The van der Waals surface area contributed by atoms with Crippen LogP contribution in [0.2, 0.25) is 0 Å². The first-order chi connectivity index (χ1) is 9.98. The molecule has 0 aromatic carbocycles. The zero-order valence-corrected chi connectivity index (χ0v) is 12.8. The number of rotatable bonds is 4. The van der Waals surface area contributed by atoms with E-state index in [0.717, 1.165) is 25.7 Å². The van der Waals surface area contributed by atoms with Crippen LogP contribution in [0, 0.1) is 12.8 Å². The maximum absolute atomic E-state index is 11.6. The second-order valence-corrected chi connectivity index (χ2v) is 5.96. The number of nitrogens with zero attached hydrogens (tertiary/aromatic N) is 2. The van der Waals surface area contributed by atoms with E-state index in [4.69, 9.17) is 0 Å². The molecule has 0 unspecified atom stereocenters. The van der Waals surface area contributed by atoms with E-state index in [-0.39, 0.29) is 18.0 Å². The quantitative estimate of drug-likeness (QED) is 0.825. The Morgan fingerprint density at radius 3 is 2.71 bits per heavy atom. The van der Waals surface area contributed by atoms with E-state index < -0.39 is 5.97 Å². The molecule has 0 saturated heterocycles. The van der Waals surface area contributed by atoms with E-state index >= 15 is 0 Å². The summed E-state index contributed by atoms with van der Waals surface area (Å²) in [6, 6.07) is 1.78. The number of aliphatic hydroxyl groups is 1. The second-order valence-electron chi connectivity index (χ2n) is 5.96. The number of esters is 1. The standard InChI is InChI=1S/C15H23N3O3/c1-10-4-6-15(9-19,7-5-10)18-12-8-11(2)16-13(17-12)14(20)21-3/h8,10,19H,4-7,9H2,1-3H3,(H,16,17,18). The van der Waals surface area contributed by atoms with Crippen molar-refractivity contribution in [2.24, 2.45) is 5.92 Å². The van der Waals surface area contributed by atoms with Gasteiger partial charge in [-0.25, -0.2) is 14.8 Å². The second kappa shape index (κ2) is 6.39. The molecule has 0 radical (unpaired) electrons. The largest absolute Gasteiger partial charge is 0.463 e. The van der Waals surface area contributed by atoms with Crippen LogP contribution in [0.4, 0.5) is 5.82 Å². The number of hydrogen-bond acceptors (Lipinski definition) is 6. The number of nitrogens with one attached hydrogen (secondary N) is 1. The molecule has 2 rings (SSSR count). The fourth-order valence-corrected chi connectivity index (χ4v) is 2.72. The molecule has 0 bridgehead atoms. The van der Waals surface area contributed by atoms with E-state index in [2.05, 4.69) is 26.9 Å². The minimum atomic E-state index is -0.558. The highest BCUT2D eigenvalue weighted by Gasteiger charge is 2.34. The number of carbonyl (C=O) groups excluding carboxylic acids is 1. The van der Waals surface area contributed by atoms with Gasteiger partial charge in [-0.05, 0) is 38.5 Å². The van der Waals surface area contributed by atoms with Gasteiger partial charge in [0, 0.05) is 11.8 Å². The molecule has 1 heterocycles. The smallest absolute Gasteiger partial charge is 0.376 e. The first-order valence-corrected chi connectivity index (χ1v) is 7.31. The number of methoxy groups -OCH3 is 1. The molecule has 6 nitrogen and oxygen atoms in total. The fraction of sp³-hybridized carbons (Fsp3) is 0.667. The van der Waals surface area contributed by atoms with Gasteiger partial charge in [0.05, 0.1) is 19.3 Å². The Hall–Kier alpha value is -1.69. The predicted molar refractivity (Wildman–Crippen MR) is 79.2 cm³/mol. The molecule has 6 heteroatoms. The number of anilines is 1. The molecule has 2 N–H and O–H groups in total. The van der Waals surface area contributed by atoms with Gasteiger partial charge in [0.25, 0.3) is 0 Å². The third-order valence-corrected chi connectivity index (χ3v) is 4.15. The minimum Gasteiger partial charge on any atom is -0.463 e. The van der Waals surface area contributed by atoms with Gasteiger partial charge in [-0.1, -0.05) is 6.92 Å². The Bertz CT molecular complexity index is 511. The van der Waals surface area contributed by atoms with Gasteiger partial charge in [0.2, 0.25) is 5.82 Å². The van der Waals surface area contributed by atoms with Crippen molar-refractivity contribution >= 4 is 11.8 Å². The Labute approximate surface area is 124 Å². The molecule has 116 valence electrons. The lowest BCUT2D eigenvalue weighted by molar-refractivity contribution is 0.0586. The maximum Gasteiger partial charge on any atom is 0.376 e. The highest BCUT2D eigenvalue weighted by molar-refractivity contribution is 5.85. The van der Waals surface area contributed by atoms with Crippen LogP contribution in [0.25, 0.3) is 0 Å². The Balaban J connectivity index is 2.21. The average molecular weight is 293 g/mol. The molecule has 1 aliphatic carbocycles. The first kappa shape index (κ1) is 15.7. The molecule has 1 saturated carbocycles. The van der Waals surface area contributed by atoms with Gasteiger partial charge >= 0.3 is 5.97 Å².